The van der Waals surface area contributed by atoms with Crippen LogP contribution >= 0.6 is 11.6 Å². The molecule has 0 spiro atoms. The average molecular weight is 1050 g/mol. The van der Waals surface area contributed by atoms with E-state index in [1.54, 1.807) is 36.7 Å². The zero-order chi connectivity index (χ0) is 53.7. The van der Waals surface area contributed by atoms with Gasteiger partial charge in [-0.1, -0.05) is 74.7 Å². The molecule has 4 aliphatic rings. The second-order valence-electron chi connectivity index (χ2n) is 19.9. The number of hydrogen-bond acceptors (Lipinski definition) is 10. The maximum absolute atomic E-state index is 13.5. The third-order valence-electron chi connectivity index (χ3n) is 13.1. The summed E-state index contributed by atoms with van der Waals surface area (Å²) >= 11 is 6.19. The van der Waals surface area contributed by atoms with Crippen molar-refractivity contribution in [3.63, 3.8) is 0 Å². The summed E-state index contributed by atoms with van der Waals surface area (Å²) in [6.07, 6.45) is 15.5. The number of nitrogens with two attached hydrogens (primary N) is 1. The molecule has 0 saturated carbocycles. The number of aryl methyl sites for hydroxylation is 4. The predicted molar refractivity (Wildman–Crippen MR) is 298 cm³/mol. The van der Waals surface area contributed by atoms with E-state index >= 15 is 0 Å². The van der Waals surface area contributed by atoms with Crippen molar-refractivity contribution in [2.24, 2.45) is 15.7 Å². The van der Waals surface area contributed by atoms with Crippen molar-refractivity contribution in [1.29, 1.82) is 0 Å². The molecule has 4 heterocycles. The highest BCUT2D eigenvalue weighted by molar-refractivity contribution is 6.69. The summed E-state index contributed by atoms with van der Waals surface area (Å²) in [7, 11) is 7.58. The summed E-state index contributed by atoms with van der Waals surface area (Å²) < 4.78 is 38.7. The number of aliphatic imine (C=N–C) groups is 2. The first kappa shape index (κ1) is 57.8. The van der Waals surface area contributed by atoms with Crippen LogP contribution in [0.5, 0.6) is 11.5 Å². The lowest BCUT2D eigenvalue weighted by Crippen LogP contribution is -2.49. The molecule has 5 N–H and O–H groups in total. The van der Waals surface area contributed by atoms with Gasteiger partial charge in [0, 0.05) is 78.9 Å². The van der Waals surface area contributed by atoms with E-state index in [1.807, 2.05) is 86.5 Å². The number of ether oxygens (including phenoxy) is 2. The third-order valence-corrected chi connectivity index (χ3v) is 13.3. The number of amides is 4. The molecule has 0 radical (unpaired) electrons. The van der Waals surface area contributed by atoms with Crippen molar-refractivity contribution >= 4 is 46.0 Å². The molecule has 4 aromatic rings. The lowest BCUT2D eigenvalue weighted by Gasteiger charge is -2.32. The number of hydrogen-bond donors (Lipinski definition) is 4. The largest absolute Gasteiger partial charge is 0.450 e. The number of benzene rings is 4. The minimum atomic E-state index is -0.392. The van der Waals surface area contributed by atoms with Gasteiger partial charge in [0.25, 0.3) is 0 Å². The Morgan fingerprint density at radius 2 is 1.09 bits per heavy atom. The maximum atomic E-state index is 13.5. The summed E-state index contributed by atoms with van der Waals surface area (Å²) in [5.74, 6) is 2.27. The van der Waals surface area contributed by atoms with Crippen molar-refractivity contribution in [3.8, 4) is 11.5 Å². The van der Waals surface area contributed by atoms with E-state index in [1.165, 1.54) is 44.4 Å². The molecule has 0 atom stereocenters. The molecule has 0 bridgehead atoms. The number of likely N-dealkylation sites (tertiary alicyclic amines) is 2. The molecule has 0 unspecified atom stereocenters. The van der Waals surface area contributed by atoms with E-state index in [2.05, 4.69) is 44.6 Å². The number of primary amides is 1. The Hall–Kier alpha value is -6.49. The topological polar surface area (TPSA) is 152 Å². The average Bonchev–Trinajstić information content (AvgIpc) is 3.37. The number of piperidine rings is 2. The number of nitrogens with one attached hydrogen (secondary N) is 3. The maximum Gasteiger partial charge on any atom is 0.320 e. The molecule has 4 aromatic carbocycles. The van der Waals surface area contributed by atoms with Gasteiger partial charge >= 0.3 is 12.1 Å². The quantitative estimate of drug-likeness (QED) is 0.0866. The molecular weight excluding hydrogens is 974 g/mol. The smallest absolute Gasteiger partial charge is 0.320 e. The number of carbonyl (C=O) groups excluding carboxylic acids is 2. The van der Waals surface area contributed by atoms with Gasteiger partial charge in [-0.25, -0.2) is 28.4 Å². The summed E-state index contributed by atoms with van der Waals surface area (Å²) in [5.41, 5.74) is 10.5. The monoisotopic (exact) mass is 1050 g/mol. The number of carbonyl (C=O) groups is 2. The van der Waals surface area contributed by atoms with Gasteiger partial charge in [0.1, 0.15) is 23.0 Å². The number of nitrogens with zero attached hydrogens (tertiary/aromatic N) is 6. The number of urea groups is 2. The van der Waals surface area contributed by atoms with Gasteiger partial charge in [0.05, 0.1) is 0 Å². The Kier molecular flexibility index (Phi) is 22.8. The molecule has 8 rings (SSSR count). The summed E-state index contributed by atoms with van der Waals surface area (Å²) in [4.78, 5) is 41.3. The molecule has 0 aromatic heterocycles. The first-order chi connectivity index (χ1) is 36.1. The van der Waals surface area contributed by atoms with Crippen LogP contribution in [-0.4, -0.2) is 122 Å². The molecule has 17 heteroatoms. The van der Waals surface area contributed by atoms with Crippen LogP contribution in [0.1, 0.15) is 87.5 Å². The van der Waals surface area contributed by atoms with Crippen LogP contribution in [0.3, 0.4) is 0 Å². The van der Waals surface area contributed by atoms with Crippen LogP contribution in [-0.2, 0) is 25.7 Å². The number of allylic oxidation sites excluding steroid dienone is 1. The van der Waals surface area contributed by atoms with E-state index in [9.17, 15) is 18.4 Å². The molecule has 4 aliphatic heterocycles. The summed E-state index contributed by atoms with van der Waals surface area (Å²) in [6, 6.07) is 24.8. The third kappa shape index (κ3) is 19.6. The second-order valence-corrected chi connectivity index (χ2v) is 20.2. The van der Waals surface area contributed by atoms with Crippen LogP contribution in [0.4, 0.5) is 29.7 Å². The van der Waals surface area contributed by atoms with Crippen molar-refractivity contribution in [3.05, 3.63) is 143 Å². The Morgan fingerprint density at radius 3 is 1.55 bits per heavy atom. The Balaban J connectivity index is 0.000000205. The van der Waals surface area contributed by atoms with Crippen LogP contribution in [0.2, 0.25) is 0 Å². The SMILES string of the molecule is CCCCN1CCC(NC(=O)NC2=Nc3cc(CCc4cccc(F)c4)ccc3O/C2=C\N(C)C)CC1.CCCCN1CCC(NC(N)=O)CC1.CN(C)/C=C1\Oc2ccc(CCc3cccc(F)c3)cc2N=C1Cl. The van der Waals surface area contributed by atoms with Gasteiger partial charge in [0.2, 0.25) is 0 Å². The van der Waals surface area contributed by atoms with Crippen molar-refractivity contribution in [2.45, 2.75) is 103 Å². The van der Waals surface area contributed by atoms with Crippen LogP contribution < -0.4 is 31.2 Å². The van der Waals surface area contributed by atoms with Gasteiger partial charge in [-0.2, -0.15) is 0 Å². The summed E-state index contributed by atoms with van der Waals surface area (Å²) in [5, 5.41) is 9.13. The van der Waals surface area contributed by atoms with Gasteiger partial charge in [0.15, 0.2) is 34.0 Å². The number of rotatable bonds is 16. The normalized spacial score (nSPS) is 16.8. The highest BCUT2D eigenvalue weighted by Crippen LogP contribution is 2.37. The molecule has 14 nitrogen and oxygen atoms in total. The molecule has 0 aliphatic carbocycles. The van der Waals surface area contributed by atoms with E-state index in [4.69, 9.17) is 31.8 Å². The van der Waals surface area contributed by atoms with E-state index in [-0.39, 0.29) is 23.7 Å². The van der Waals surface area contributed by atoms with Gasteiger partial charge in [-0.05, 0) is 148 Å². The highest BCUT2D eigenvalue weighted by atomic mass is 35.5. The Bertz CT molecular complexity index is 2630. The lowest BCUT2D eigenvalue weighted by molar-refractivity contribution is 0.192. The molecular formula is C58H77ClF2N10O4. The van der Waals surface area contributed by atoms with Crippen molar-refractivity contribution in [1.82, 2.24) is 35.6 Å². The fourth-order valence-electron chi connectivity index (χ4n) is 9.03. The fraction of sp³-hybridized carbons (Fsp3) is 0.448. The zero-order valence-corrected chi connectivity index (χ0v) is 45.4. The summed E-state index contributed by atoms with van der Waals surface area (Å²) in [6.45, 7) is 10.9. The molecule has 4 amide bonds. The van der Waals surface area contributed by atoms with Crippen molar-refractivity contribution in [2.75, 3.05) is 67.5 Å². The fourth-order valence-corrected chi connectivity index (χ4v) is 9.21. The Labute approximate surface area is 448 Å². The number of halogens is 3. The molecule has 404 valence electrons. The predicted octanol–water partition coefficient (Wildman–Crippen LogP) is 10.6. The molecule has 75 heavy (non-hydrogen) atoms. The first-order valence-electron chi connectivity index (χ1n) is 26.4. The highest BCUT2D eigenvalue weighted by Gasteiger charge is 2.25. The standard InChI is InChI=1S/C29H38FN5O2.C19H18ClFN2O.C10H21N3O/c1-4-5-15-35-16-13-24(14-17-35)31-29(36)33-28-27(20-34(2)3)37-26-12-11-22(19-25(26)32-28)10-9-21-7-6-8-23(30)18-21;1-23(2)12-18-19(20)22-16-11-14(8-9-17(16)24-18)7-6-13-4-3-5-15(21)10-13;1-2-3-6-13-7-4-9(5-8-13)12-10(11)14/h6-8,11-12,18-20,24H,4-5,9-10,13-17H2,1-3H3,(H2,31,32,33,36);3-5,8-12H,6-7H2,1-2H3;9H,2-8H2,1H3,(H3,11,12,14)/b27-20-;18-12-;. The number of fused-ring (bicyclic) bond motifs is 2. The minimum Gasteiger partial charge on any atom is -0.450 e. The lowest BCUT2D eigenvalue weighted by atomic mass is 10.0. The van der Waals surface area contributed by atoms with Gasteiger partial charge in [-0.3, -0.25) is 5.32 Å². The second kappa shape index (κ2) is 29.6. The van der Waals surface area contributed by atoms with Crippen LogP contribution in [0, 0.1) is 11.6 Å². The van der Waals surface area contributed by atoms with E-state index in [0.717, 1.165) is 106 Å². The first-order valence-corrected chi connectivity index (χ1v) is 26.8. The molecule has 2 saturated heterocycles. The Morgan fingerprint density at radius 1 is 0.653 bits per heavy atom. The molecule has 2 fully saturated rings. The number of unbranched alkanes of at least 4 members (excludes halogenated alkanes) is 2. The number of amidine groups is 1. The minimum absolute atomic E-state index is 0.144. The van der Waals surface area contributed by atoms with Crippen LogP contribution in [0.25, 0.3) is 0 Å². The zero-order valence-electron chi connectivity index (χ0n) is 44.6. The van der Waals surface area contributed by atoms with E-state index in [0.29, 0.717) is 51.4 Å². The van der Waals surface area contributed by atoms with Crippen molar-refractivity contribution < 1.29 is 27.8 Å². The van der Waals surface area contributed by atoms with Gasteiger partial charge < -0.3 is 45.4 Å². The van der Waals surface area contributed by atoms with E-state index < -0.39 is 6.03 Å². The van der Waals surface area contributed by atoms with Gasteiger partial charge in [-0.15, -0.1) is 0 Å². The van der Waals surface area contributed by atoms with Crippen LogP contribution in [0.15, 0.2) is 119 Å².